The zero-order valence-electron chi connectivity index (χ0n) is 12.7. The lowest BCUT2D eigenvalue weighted by atomic mass is 10.1. The summed E-state index contributed by atoms with van der Waals surface area (Å²) in [6.07, 6.45) is 0.274. The van der Waals surface area contributed by atoms with Gasteiger partial charge in [-0.1, -0.05) is 22.0 Å². The number of carbonyl (C=O) groups excluding carboxylic acids is 1. The number of benzene rings is 1. The van der Waals surface area contributed by atoms with Crippen LogP contribution in [0, 0.1) is 0 Å². The van der Waals surface area contributed by atoms with Crippen LogP contribution in [-0.2, 0) is 11.2 Å². The molecule has 0 spiro atoms. The lowest BCUT2D eigenvalue weighted by Crippen LogP contribution is -2.27. The summed E-state index contributed by atoms with van der Waals surface area (Å²) in [6.45, 7) is 1.98. The molecule has 22 heavy (non-hydrogen) atoms. The van der Waals surface area contributed by atoms with Crippen molar-refractivity contribution in [1.82, 2.24) is 5.32 Å². The summed E-state index contributed by atoms with van der Waals surface area (Å²) in [5.74, 6) is 1.21. The average Bonchev–Trinajstić information content (AvgIpc) is 3.03. The highest BCUT2D eigenvalue weighted by Gasteiger charge is 2.15. The predicted molar refractivity (Wildman–Crippen MR) is 91.8 cm³/mol. The second-order valence-corrected chi connectivity index (χ2v) is 6.61. The first kappa shape index (κ1) is 16.8. The van der Waals surface area contributed by atoms with Crippen molar-refractivity contribution in [3.8, 4) is 11.5 Å². The molecule has 1 atom stereocenters. The highest BCUT2D eigenvalue weighted by Crippen LogP contribution is 2.33. The van der Waals surface area contributed by atoms with Gasteiger partial charge >= 0.3 is 0 Å². The molecule has 0 aliphatic rings. The summed E-state index contributed by atoms with van der Waals surface area (Å²) < 4.78 is 11.3. The number of thiophene rings is 1. The maximum atomic E-state index is 12.2. The fraction of sp³-hybridized carbons (Fsp3) is 0.312. The Balaban J connectivity index is 2.08. The zero-order valence-corrected chi connectivity index (χ0v) is 15.1. The number of hydrogen-bond acceptors (Lipinski definition) is 4. The van der Waals surface area contributed by atoms with Crippen LogP contribution in [0.15, 0.2) is 34.1 Å². The van der Waals surface area contributed by atoms with Gasteiger partial charge in [-0.05, 0) is 36.1 Å². The Morgan fingerprint density at radius 2 is 2.00 bits per heavy atom. The van der Waals surface area contributed by atoms with Crippen molar-refractivity contribution >= 4 is 33.2 Å². The van der Waals surface area contributed by atoms with Crippen LogP contribution in [0.1, 0.15) is 23.4 Å². The molecule has 1 N–H and O–H groups in total. The lowest BCUT2D eigenvalue weighted by Gasteiger charge is -2.14. The summed E-state index contributed by atoms with van der Waals surface area (Å²) in [5.41, 5.74) is 0.855. The molecule has 1 heterocycles. The van der Waals surface area contributed by atoms with Crippen molar-refractivity contribution in [2.75, 3.05) is 14.2 Å². The van der Waals surface area contributed by atoms with Gasteiger partial charge in [-0.2, -0.15) is 0 Å². The minimum Gasteiger partial charge on any atom is -0.493 e. The molecule has 1 aromatic carbocycles. The molecule has 1 amide bonds. The second-order valence-electron chi connectivity index (χ2n) is 4.78. The largest absolute Gasteiger partial charge is 0.493 e. The van der Waals surface area contributed by atoms with Crippen LogP contribution in [0.2, 0.25) is 0 Å². The molecule has 0 bridgehead atoms. The third-order valence-corrected chi connectivity index (χ3v) is 5.04. The van der Waals surface area contributed by atoms with Crippen molar-refractivity contribution in [3.05, 3.63) is 44.6 Å². The molecule has 118 valence electrons. The Bertz CT molecular complexity index is 643. The van der Waals surface area contributed by atoms with Crippen molar-refractivity contribution in [2.45, 2.75) is 19.4 Å². The number of nitrogens with one attached hydrogen (secondary N) is 1. The van der Waals surface area contributed by atoms with Gasteiger partial charge in [0, 0.05) is 9.35 Å². The molecule has 0 saturated carbocycles. The normalized spacial score (nSPS) is 11.8. The minimum absolute atomic E-state index is 0.00594. The Hall–Kier alpha value is -1.53. The summed E-state index contributed by atoms with van der Waals surface area (Å²) in [6, 6.07) is 7.63. The molecule has 0 aliphatic heterocycles. The van der Waals surface area contributed by atoms with Crippen molar-refractivity contribution in [1.29, 1.82) is 0 Å². The molecule has 0 aliphatic carbocycles. The zero-order chi connectivity index (χ0) is 16.1. The van der Waals surface area contributed by atoms with E-state index in [1.165, 1.54) is 0 Å². The Kier molecular flexibility index (Phi) is 5.85. The van der Waals surface area contributed by atoms with Crippen LogP contribution in [0.5, 0.6) is 11.5 Å². The van der Waals surface area contributed by atoms with Crippen LogP contribution in [0.25, 0.3) is 0 Å². The van der Waals surface area contributed by atoms with Gasteiger partial charge in [0.25, 0.3) is 0 Å². The molecule has 6 heteroatoms. The van der Waals surface area contributed by atoms with Crippen molar-refractivity contribution in [3.63, 3.8) is 0 Å². The van der Waals surface area contributed by atoms with Crippen LogP contribution in [0.3, 0.4) is 0 Å². The van der Waals surface area contributed by atoms with E-state index in [2.05, 4.69) is 21.2 Å². The first-order chi connectivity index (χ1) is 10.5. The summed E-state index contributed by atoms with van der Waals surface area (Å²) in [5, 5.41) is 5.01. The molecule has 4 nitrogen and oxygen atoms in total. The van der Waals surface area contributed by atoms with E-state index in [-0.39, 0.29) is 18.4 Å². The quantitative estimate of drug-likeness (QED) is 0.821. The molecular weight excluding hydrogens is 366 g/mol. The van der Waals surface area contributed by atoms with Gasteiger partial charge in [0.15, 0.2) is 11.5 Å². The number of methoxy groups -OCH3 is 2. The maximum absolute atomic E-state index is 12.2. The fourth-order valence-electron chi connectivity index (χ4n) is 2.11. The van der Waals surface area contributed by atoms with E-state index in [4.69, 9.17) is 9.47 Å². The molecule has 0 radical (unpaired) electrons. The van der Waals surface area contributed by atoms with Gasteiger partial charge in [0.05, 0.1) is 26.7 Å². The second kappa shape index (κ2) is 7.65. The Labute approximate surface area is 142 Å². The van der Waals surface area contributed by atoms with Gasteiger partial charge in [-0.3, -0.25) is 4.79 Å². The number of rotatable bonds is 6. The third-order valence-electron chi connectivity index (χ3n) is 3.25. The standard InChI is InChI=1S/C16H18BrNO3S/c1-10(15-5-4-6-22-15)18-16(19)8-11-7-13(20-2)14(21-3)9-12(11)17/h4-7,9-10H,8H2,1-3H3,(H,18,19)/t10-/m1/s1. The first-order valence-electron chi connectivity index (χ1n) is 6.78. The predicted octanol–water partition coefficient (Wildman–Crippen LogP) is 3.95. The van der Waals surface area contributed by atoms with Crippen LogP contribution >= 0.6 is 27.3 Å². The number of amides is 1. The monoisotopic (exact) mass is 383 g/mol. The van der Waals surface area contributed by atoms with Gasteiger partial charge < -0.3 is 14.8 Å². The number of ether oxygens (including phenoxy) is 2. The van der Waals surface area contributed by atoms with E-state index in [0.717, 1.165) is 14.9 Å². The topological polar surface area (TPSA) is 47.6 Å². The Morgan fingerprint density at radius 1 is 1.32 bits per heavy atom. The van der Waals surface area contributed by atoms with E-state index in [1.54, 1.807) is 25.6 Å². The maximum Gasteiger partial charge on any atom is 0.224 e. The van der Waals surface area contributed by atoms with Crippen LogP contribution in [-0.4, -0.2) is 20.1 Å². The molecule has 2 rings (SSSR count). The van der Waals surface area contributed by atoms with Crippen molar-refractivity contribution < 1.29 is 14.3 Å². The average molecular weight is 384 g/mol. The molecule has 1 aromatic heterocycles. The summed E-state index contributed by atoms with van der Waals surface area (Å²) in [4.78, 5) is 13.4. The van der Waals surface area contributed by atoms with Crippen LogP contribution < -0.4 is 14.8 Å². The minimum atomic E-state index is -0.0335. The van der Waals surface area contributed by atoms with Gasteiger partial charge in [0.1, 0.15) is 0 Å². The molecule has 2 aromatic rings. The molecule has 0 saturated heterocycles. The highest BCUT2D eigenvalue weighted by molar-refractivity contribution is 9.10. The van der Waals surface area contributed by atoms with E-state index < -0.39 is 0 Å². The lowest BCUT2D eigenvalue weighted by molar-refractivity contribution is -0.121. The molecule has 0 unspecified atom stereocenters. The first-order valence-corrected chi connectivity index (χ1v) is 8.45. The van der Waals surface area contributed by atoms with Gasteiger partial charge in [-0.25, -0.2) is 0 Å². The number of carbonyl (C=O) groups is 1. The number of hydrogen-bond donors (Lipinski definition) is 1. The smallest absolute Gasteiger partial charge is 0.224 e. The van der Waals surface area contributed by atoms with Gasteiger partial charge in [0.2, 0.25) is 5.91 Å². The van der Waals surface area contributed by atoms with Crippen molar-refractivity contribution in [2.24, 2.45) is 0 Å². The van der Waals surface area contributed by atoms with E-state index >= 15 is 0 Å². The molecule has 0 fully saturated rings. The fourth-order valence-corrected chi connectivity index (χ4v) is 3.30. The Morgan fingerprint density at radius 3 is 2.59 bits per heavy atom. The SMILES string of the molecule is COc1cc(Br)c(CC(=O)N[C@H](C)c2cccs2)cc1OC. The van der Waals surface area contributed by atoms with Gasteiger partial charge in [-0.15, -0.1) is 11.3 Å². The molecular formula is C16H18BrNO3S. The van der Waals surface area contributed by atoms with E-state index in [9.17, 15) is 4.79 Å². The summed E-state index contributed by atoms with van der Waals surface area (Å²) in [7, 11) is 3.16. The van der Waals surface area contributed by atoms with Crippen LogP contribution in [0.4, 0.5) is 0 Å². The third kappa shape index (κ3) is 4.01. The van der Waals surface area contributed by atoms with E-state index in [0.29, 0.717) is 11.5 Å². The number of halogens is 1. The van der Waals surface area contributed by atoms with E-state index in [1.807, 2.05) is 36.6 Å². The summed E-state index contributed by atoms with van der Waals surface area (Å²) >= 11 is 5.10. The highest BCUT2D eigenvalue weighted by atomic mass is 79.9.